The lowest BCUT2D eigenvalue weighted by molar-refractivity contribution is -0.156. The highest BCUT2D eigenvalue weighted by Gasteiger charge is 2.28. The summed E-state index contributed by atoms with van der Waals surface area (Å²) in [5, 5.41) is 28.7. The molecule has 0 saturated carbocycles. The van der Waals surface area contributed by atoms with E-state index >= 15 is 0 Å². The van der Waals surface area contributed by atoms with Gasteiger partial charge in [0.15, 0.2) is 5.60 Å². The van der Waals surface area contributed by atoms with Gasteiger partial charge < -0.3 is 20.6 Å². The third-order valence-corrected chi connectivity index (χ3v) is 1.44. The highest BCUT2D eigenvalue weighted by atomic mass is 16.4. The van der Waals surface area contributed by atoms with E-state index in [1.165, 1.54) is 6.92 Å². The molecule has 1 atom stereocenters. The molecule has 72 valence electrons. The third kappa shape index (κ3) is 4.27. The monoisotopic (exact) mass is 177 g/mol. The molecule has 0 aliphatic carbocycles. The molecular weight excluding hydrogens is 162 g/mol. The van der Waals surface area contributed by atoms with Crippen LogP contribution in [0.15, 0.2) is 0 Å². The van der Waals surface area contributed by atoms with Gasteiger partial charge in [-0.1, -0.05) is 0 Å². The Balaban J connectivity index is 3.54. The van der Waals surface area contributed by atoms with Crippen molar-refractivity contribution in [2.45, 2.75) is 18.9 Å². The summed E-state index contributed by atoms with van der Waals surface area (Å²) in [6.07, 6.45) is 0.551. The summed E-state index contributed by atoms with van der Waals surface area (Å²) in [6, 6.07) is 0. The van der Waals surface area contributed by atoms with E-state index in [9.17, 15) is 4.79 Å². The van der Waals surface area contributed by atoms with Crippen molar-refractivity contribution < 1.29 is 20.1 Å². The van der Waals surface area contributed by atoms with E-state index in [1.807, 2.05) is 0 Å². The van der Waals surface area contributed by atoms with Gasteiger partial charge in [0, 0.05) is 13.2 Å². The van der Waals surface area contributed by atoms with Gasteiger partial charge in [0.1, 0.15) is 0 Å². The lowest BCUT2D eigenvalue weighted by Crippen LogP contribution is -2.45. The second-order valence-corrected chi connectivity index (χ2v) is 2.83. The summed E-state index contributed by atoms with van der Waals surface area (Å²) in [7, 11) is 0. The molecule has 0 amide bonds. The molecule has 0 bridgehead atoms. The maximum atomic E-state index is 10.3. The molecule has 0 aromatic heterocycles. The Morgan fingerprint density at radius 3 is 2.58 bits per heavy atom. The van der Waals surface area contributed by atoms with Crippen molar-refractivity contribution in [3.05, 3.63) is 0 Å². The summed E-state index contributed by atoms with van der Waals surface area (Å²) >= 11 is 0. The van der Waals surface area contributed by atoms with Crippen LogP contribution in [0.2, 0.25) is 0 Å². The molecule has 0 saturated heterocycles. The molecule has 0 fully saturated rings. The van der Waals surface area contributed by atoms with Crippen LogP contribution in [0.25, 0.3) is 0 Å². The lowest BCUT2D eigenvalue weighted by atomic mass is 10.1. The minimum Gasteiger partial charge on any atom is -0.479 e. The Hall–Kier alpha value is -0.650. The first-order valence-corrected chi connectivity index (χ1v) is 3.78. The Morgan fingerprint density at radius 2 is 2.17 bits per heavy atom. The van der Waals surface area contributed by atoms with E-state index in [-0.39, 0.29) is 13.2 Å². The maximum absolute atomic E-state index is 10.3. The fourth-order valence-electron chi connectivity index (χ4n) is 0.611. The van der Waals surface area contributed by atoms with Gasteiger partial charge in [0.2, 0.25) is 0 Å². The van der Waals surface area contributed by atoms with Crippen molar-refractivity contribution in [3.8, 4) is 0 Å². The van der Waals surface area contributed by atoms with Crippen molar-refractivity contribution in [2.75, 3.05) is 19.7 Å². The van der Waals surface area contributed by atoms with Gasteiger partial charge in [-0.05, 0) is 19.9 Å². The molecule has 5 nitrogen and oxygen atoms in total. The smallest absolute Gasteiger partial charge is 0.336 e. The zero-order valence-corrected chi connectivity index (χ0v) is 7.08. The van der Waals surface area contributed by atoms with Crippen LogP contribution in [0, 0.1) is 0 Å². The molecule has 0 aromatic carbocycles. The molecule has 12 heavy (non-hydrogen) atoms. The largest absolute Gasteiger partial charge is 0.479 e. The fraction of sp³-hybridized carbons (Fsp3) is 0.857. The molecule has 1 unspecified atom stereocenters. The molecule has 5 heteroatoms. The minimum atomic E-state index is -1.73. The van der Waals surface area contributed by atoms with Gasteiger partial charge in [-0.2, -0.15) is 0 Å². The van der Waals surface area contributed by atoms with Crippen molar-refractivity contribution in [1.29, 1.82) is 0 Å². The van der Waals surface area contributed by atoms with Gasteiger partial charge in [0.25, 0.3) is 0 Å². The quantitative estimate of drug-likeness (QED) is 0.382. The SMILES string of the molecule is CC(O)(CNCCCO)C(=O)O. The second-order valence-electron chi connectivity index (χ2n) is 2.83. The normalized spacial score (nSPS) is 15.6. The van der Waals surface area contributed by atoms with Gasteiger partial charge in [0.05, 0.1) is 0 Å². The summed E-state index contributed by atoms with van der Waals surface area (Å²) in [5.41, 5.74) is -1.73. The topological polar surface area (TPSA) is 89.8 Å². The molecular formula is C7H15NO4. The Labute approximate surface area is 71.0 Å². The van der Waals surface area contributed by atoms with Crippen LogP contribution in [0.5, 0.6) is 0 Å². The Kier molecular flexibility index (Phi) is 4.80. The third-order valence-electron chi connectivity index (χ3n) is 1.44. The summed E-state index contributed by atoms with van der Waals surface area (Å²) in [5.74, 6) is -1.25. The molecule has 0 aromatic rings. The number of aliphatic hydroxyl groups excluding tert-OH is 1. The number of nitrogens with one attached hydrogen (secondary N) is 1. The van der Waals surface area contributed by atoms with E-state index in [1.54, 1.807) is 0 Å². The summed E-state index contributed by atoms with van der Waals surface area (Å²) in [6.45, 7) is 1.77. The van der Waals surface area contributed by atoms with Gasteiger partial charge in [-0.3, -0.25) is 0 Å². The number of rotatable bonds is 6. The molecule has 0 rings (SSSR count). The molecule has 0 heterocycles. The van der Waals surface area contributed by atoms with E-state index in [4.69, 9.17) is 15.3 Å². The summed E-state index contributed by atoms with van der Waals surface area (Å²) in [4.78, 5) is 10.3. The van der Waals surface area contributed by atoms with Crippen LogP contribution < -0.4 is 5.32 Å². The highest BCUT2D eigenvalue weighted by Crippen LogP contribution is 2.00. The van der Waals surface area contributed by atoms with Crippen LogP contribution in [-0.4, -0.2) is 46.6 Å². The number of aliphatic carboxylic acids is 1. The van der Waals surface area contributed by atoms with Crippen LogP contribution in [0.4, 0.5) is 0 Å². The standard InChI is InChI=1S/C7H15NO4/c1-7(12,6(10)11)5-8-3-2-4-9/h8-9,12H,2-5H2,1H3,(H,10,11). The van der Waals surface area contributed by atoms with Gasteiger partial charge >= 0.3 is 5.97 Å². The molecule has 0 spiro atoms. The molecule has 4 N–H and O–H groups in total. The van der Waals surface area contributed by atoms with Crippen molar-refractivity contribution in [3.63, 3.8) is 0 Å². The fourth-order valence-corrected chi connectivity index (χ4v) is 0.611. The van der Waals surface area contributed by atoms with Crippen LogP contribution in [-0.2, 0) is 4.79 Å². The first-order valence-electron chi connectivity index (χ1n) is 3.78. The van der Waals surface area contributed by atoms with Crippen molar-refractivity contribution in [2.24, 2.45) is 0 Å². The van der Waals surface area contributed by atoms with E-state index in [0.29, 0.717) is 13.0 Å². The van der Waals surface area contributed by atoms with Crippen LogP contribution >= 0.6 is 0 Å². The van der Waals surface area contributed by atoms with E-state index in [0.717, 1.165) is 0 Å². The zero-order chi connectivity index (χ0) is 9.61. The van der Waals surface area contributed by atoms with Crippen LogP contribution in [0.3, 0.4) is 0 Å². The van der Waals surface area contributed by atoms with Gasteiger partial charge in [-0.15, -0.1) is 0 Å². The second kappa shape index (κ2) is 5.08. The average molecular weight is 177 g/mol. The lowest BCUT2D eigenvalue weighted by Gasteiger charge is -2.17. The minimum absolute atomic E-state index is 0.0116. The van der Waals surface area contributed by atoms with Crippen molar-refractivity contribution in [1.82, 2.24) is 5.32 Å². The molecule has 0 aliphatic rings. The number of aliphatic hydroxyl groups is 2. The maximum Gasteiger partial charge on any atom is 0.336 e. The number of carbonyl (C=O) groups is 1. The van der Waals surface area contributed by atoms with E-state index in [2.05, 4.69) is 5.32 Å². The number of hydrogen-bond donors (Lipinski definition) is 4. The number of carboxylic acid groups (broad SMARTS) is 1. The highest BCUT2D eigenvalue weighted by molar-refractivity contribution is 5.76. The Bertz CT molecular complexity index is 146. The predicted molar refractivity (Wildman–Crippen MR) is 42.8 cm³/mol. The first-order chi connectivity index (χ1) is 5.50. The van der Waals surface area contributed by atoms with Crippen LogP contribution in [0.1, 0.15) is 13.3 Å². The van der Waals surface area contributed by atoms with Gasteiger partial charge in [-0.25, -0.2) is 4.79 Å². The molecule has 0 aliphatic heterocycles. The number of carboxylic acids is 1. The van der Waals surface area contributed by atoms with E-state index < -0.39 is 11.6 Å². The van der Waals surface area contributed by atoms with Crippen molar-refractivity contribution >= 4 is 5.97 Å². The predicted octanol–water partition coefficient (Wildman–Crippen LogP) is -1.21. The zero-order valence-electron chi connectivity index (χ0n) is 7.08. The number of hydrogen-bond acceptors (Lipinski definition) is 4. The first kappa shape index (κ1) is 11.4. The average Bonchev–Trinajstić information content (AvgIpc) is 1.98. The Morgan fingerprint density at radius 1 is 1.58 bits per heavy atom. The molecule has 0 radical (unpaired) electrons. The summed E-state index contributed by atoms with van der Waals surface area (Å²) < 4.78 is 0.